The zero-order valence-corrected chi connectivity index (χ0v) is 13.5. The number of halogens is 2. The minimum absolute atomic E-state index is 0.122. The molecule has 7 heteroatoms. The van der Waals surface area contributed by atoms with Gasteiger partial charge in [0, 0.05) is 44.4 Å². The monoisotopic (exact) mass is 347 g/mol. The van der Waals surface area contributed by atoms with Gasteiger partial charge >= 0.3 is 0 Å². The van der Waals surface area contributed by atoms with Crippen molar-refractivity contribution in [2.45, 2.75) is 12.6 Å². The molecule has 2 N–H and O–H groups in total. The maximum atomic E-state index is 13.7. The summed E-state index contributed by atoms with van der Waals surface area (Å²) >= 11 is 0. The highest BCUT2D eigenvalue weighted by Gasteiger charge is 2.34. The molecule has 25 heavy (non-hydrogen) atoms. The largest absolute Gasteiger partial charge is 0.396 e. The molecule has 0 bridgehead atoms. The summed E-state index contributed by atoms with van der Waals surface area (Å²) in [7, 11) is 0. The molecule has 1 fully saturated rings. The molecule has 2 heterocycles. The fraction of sp³-hybridized carbons (Fsp3) is 0.333. The quantitative estimate of drug-likeness (QED) is 0.862. The summed E-state index contributed by atoms with van der Waals surface area (Å²) in [6.45, 7) is 1.50. The number of aromatic nitrogens is 1. The fourth-order valence-corrected chi connectivity index (χ4v) is 3.11. The Bertz CT molecular complexity index is 722. The molecule has 5 nitrogen and oxygen atoms in total. The van der Waals surface area contributed by atoms with Crippen LogP contribution in [0, 0.1) is 17.6 Å². The number of hydrogen-bond donors (Lipinski definition) is 2. The molecule has 132 valence electrons. The maximum Gasteiger partial charge on any atom is 0.257 e. The Balaban J connectivity index is 1.68. The van der Waals surface area contributed by atoms with Gasteiger partial charge in [0.05, 0.1) is 5.69 Å². The van der Waals surface area contributed by atoms with E-state index in [9.17, 15) is 18.7 Å². The molecule has 3 rings (SSSR count). The van der Waals surface area contributed by atoms with Crippen LogP contribution in [-0.2, 0) is 6.54 Å². The Hall–Kier alpha value is -2.38. The zero-order valence-electron chi connectivity index (χ0n) is 13.5. The van der Waals surface area contributed by atoms with E-state index >= 15 is 0 Å². The molecule has 0 unspecified atom stereocenters. The van der Waals surface area contributed by atoms with Gasteiger partial charge in [0.25, 0.3) is 5.91 Å². The van der Waals surface area contributed by atoms with Gasteiger partial charge in [-0.25, -0.2) is 8.78 Å². The molecule has 1 aromatic heterocycles. The number of aliphatic hydroxyl groups is 1. The third kappa shape index (κ3) is 4.00. The second-order valence-corrected chi connectivity index (χ2v) is 6.13. The number of carbonyl (C=O) groups is 1. The summed E-state index contributed by atoms with van der Waals surface area (Å²) in [6, 6.07) is 8.53. The molecule has 2 aromatic rings. The van der Waals surface area contributed by atoms with E-state index in [2.05, 4.69) is 10.3 Å². The molecule has 1 aliphatic rings. The Morgan fingerprint density at radius 3 is 2.60 bits per heavy atom. The highest BCUT2D eigenvalue weighted by Crippen LogP contribution is 2.20. The number of rotatable bonds is 5. The average Bonchev–Trinajstić information content (AvgIpc) is 2.97. The van der Waals surface area contributed by atoms with Crippen LogP contribution in [0.3, 0.4) is 0 Å². The highest BCUT2D eigenvalue weighted by atomic mass is 19.1. The molecule has 0 saturated carbocycles. The van der Waals surface area contributed by atoms with Crippen molar-refractivity contribution in [3.63, 3.8) is 0 Å². The first kappa shape index (κ1) is 17.4. The molecule has 1 aromatic carbocycles. The van der Waals surface area contributed by atoms with Gasteiger partial charge < -0.3 is 10.4 Å². The van der Waals surface area contributed by atoms with Crippen molar-refractivity contribution in [2.24, 2.45) is 5.92 Å². The highest BCUT2D eigenvalue weighted by molar-refractivity contribution is 5.95. The third-order valence-electron chi connectivity index (χ3n) is 4.37. The van der Waals surface area contributed by atoms with Crippen molar-refractivity contribution in [1.82, 2.24) is 15.2 Å². The maximum absolute atomic E-state index is 13.7. The first-order valence-electron chi connectivity index (χ1n) is 8.06. The van der Waals surface area contributed by atoms with Crippen LogP contribution in [0.25, 0.3) is 0 Å². The number of carbonyl (C=O) groups excluding carboxylic acids is 1. The number of nitrogens with zero attached hydrogens (tertiary/aromatic N) is 2. The molecular formula is C18H19F2N3O2. The van der Waals surface area contributed by atoms with Gasteiger partial charge in [0.1, 0.15) is 17.2 Å². The number of likely N-dealkylation sites (tertiary alicyclic amines) is 1. The van der Waals surface area contributed by atoms with E-state index in [4.69, 9.17) is 0 Å². The van der Waals surface area contributed by atoms with Crippen LogP contribution in [0.15, 0.2) is 42.6 Å². The predicted octanol–water partition coefficient (Wildman–Crippen LogP) is 1.58. The van der Waals surface area contributed by atoms with E-state index in [-0.39, 0.29) is 18.6 Å². The van der Waals surface area contributed by atoms with Gasteiger partial charge in [-0.15, -0.1) is 0 Å². The van der Waals surface area contributed by atoms with Gasteiger partial charge in [-0.2, -0.15) is 0 Å². The van der Waals surface area contributed by atoms with E-state index in [1.54, 1.807) is 6.20 Å². The van der Waals surface area contributed by atoms with Crippen LogP contribution in [0.4, 0.5) is 8.78 Å². The van der Waals surface area contributed by atoms with E-state index in [1.807, 2.05) is 23.1 Å². The molecule has 0 radical (unpaired) electrons. The van der Waals surface area contributed by atoms with Crippen LogP contribution < -0.4 is 5.32 Å². The summed E-state index contributed by atoms with van der Waals surface area (Å²) in [5.74, 6) is -2.82. The van der Waals surface area contributed by atoms with E-state index in [0.717, 1.165) is 17.8 Å². The lowest BCUT2D eigenvalue weighted by Crippen LogP contribution is -2.42. The van der Waals surface area contributed by atoms with Gasteiger partial charge in [0.15, 0.2) is 0 Å². The number of amides is 1. The van der Waals surface area contributed by atoms with Crippen LogP contribution in [0.1, 0.15) is 16.1 Å². The summed E-state index contributed by atoms with van der Waals surface area (Å²) in [5.41, 5.74) is 0.286. The van der Waals surface area contributed by atoms with Crippen molar-refractivity contribution in [3.05, 3.63) is 65.5 Å². The van der Waals surface area contributed by atoms with Crippen LogP contribution in [0.5, 0.6) is 0 Å². The lowest BCUT2D eigenvalue weighted by Gasteiger charge is -2.18. The van der Waals surface area contributed by atoms with Crippen molar-refractivity contribution in [3.8, 4) is 0 Å². The fourth-order valence-electron chi connectivity index (χ4n) is 3.11. The SMILES string of the molecule is O=C(N[C@@H]1CN(Cc2ccccn2)C[C@H]1CO)c1c(F)cccc1F. The lowest BCUT2D eigenvalue weighted by molar-refractivity contribution is 0.0912. The lowest BCUT2D eigenvalue weighted by atomic mass is 10.0. The number of benzene rings is 1. The van der Waals surface area contributed by atoms with Crippen molar-refractivity contribution in [2.75, 3.05) is 19.7 Å². The Morgan fingerprint density at radius 1 is 1.20 bits per heavy atom. The predicted molar refractivity (Wildman–Crippen MR) is 87.7 cm³/mol. The second-order valence-electron chi connectivity index (χ2n) is 6.13. The molecule has 1 amide bonds. The van der Waals surface area contributed by atoms with Gasteiger partial charge in [-0.05, 0) is 24.3 Å². The summed E-state index contributed by atoms with van der Waals surface area (Å²) in [4.78, 5) is 18.6. The number of aliphatic hydroxyl groups excluding tert-OH is 1. The second kappa shape index (κ2) is 7.67. The smallest absolute Gasteiger partial charge is 0.257 e. The minimum Gasteiger partial charge on any atom is -0.396 e. The summed E-state index contributed by atoms with van der Waals surface area (Å²) in [5, 5.41) is 12.2. The van der Waals surface area contributed by atoms with Crippen LogP contribution >= 0.6 is 0 Å². The van der Waals surface area contributed by atoms with E-state index in [0.29, 0.717) is 19.6 Å². The molecule has 1 aliphatic heterocycles. The molecule has 0 spiro atoms. The average molecular weight is 347 g/mol. The van der Waals surface area contributed by atoms with Gasteiger partial charge in [0.2, 0.25) is 0 Å². The summed E-state index contributed by atoms with van der Waals surface area (Å²) in [6.07, 6.45) is 1.70. The topological polar surface area (TPSA) is 65.5 Å². The number of pyridine rings is 1. The standard InChI is InChI=1S/C18H19F2N3O2/c19-14-5-3-6-15(20)17(14)18(25)22-16-10-23(8-12(16)11-24)9-13-4-1-2-7-21-13/h1-7,12,16,24H,8-11H2,(H,22,25)/t12-,16+/m0/s1. The van der Waals surface area contributed by atoms with E-state index in [1.165, 1.54) is 6.07 Å². The van der Waals surface area contributed by atoms with Gasteiger partial charge in [-0.3, -0.25) is 14.7 Å². The van der Waals surface area contributed by atoms with Crippen molar-refractivity contribution < 1.29 is 18.7 Å². The first-order valence-corrected chi connectivity index (χ1v) is 8.06. The van der Waals surface area contributed by atoms with E-state index < -0.39 is 23.1 Å². The molecule has 0 aliphatic carbocycles. The summed E-state index contributed by atoms with van der Waals surface area (Å²) < 4.78 is 27.5. The normalized spacial score (nSPS) is 20.6. The third-order valence-corrected chi connectivity index (χ3v) is 4.37. The first-order chi connectivity index (χ1) is 12.1. The van der Waals surface area contributed by atoms with Crippen molar-refractivity contribution in [1.29, 1.82) is 0 Å². The zero-order chi connectivity index (χ0) is 17.8. The van der Waals surface area contributed by atoms with Crippen LogP contribution in [-0.4, -0.2) is 46.6 Å². The van der Waals surface area contributed by atoms with Crippen molar-refractivity contribution >= 4 is 5.91 Å². The Morgan fingerprint density at radius 2 is 1.96 bits per heavy atom. The minimum atomic E-state index is -0.901. The molecule has 1 saturated heterocycles. The number of hydrogen-bond acceptors (Lipinski definition) is 4. The molecular weight excluding hydrogens is 328 g/mol. The Kier molecular flexibility index (Phi) is 5.35. The molecule has 2 atom stereocenters. The Labute approximate surface area is 144 Å². The van der Waals surface area contributed by atoms with Crippen LogP contribution in [0.2, 0.25) is 0 Å². The number of nitrogens with one attached hydrogen (secondary N) is 1. The van der Waals surface area contributed by atoms with Gasteiger partial charge in [-0.1, -0.05) is 12.1 Å².